The number of nitrogens with one attached hydrogen (secondary N) is 3. The summed E-state index contributed by atoms with van der Waals surface area (Å²) in [5.74, 6) is -0.712. The molecule has 5 amide bonds. The number of likely N-dealkylation sites (N-methyl/N-ethyl adjacent to an activating group) is 1. The van der Waals surface area contributed by atoms with Crippen LogP contribution in [-0.2, 0) is 36.8 Å². The summed E-state index contributed by atoms with van der Waals surface area (Å²) in [6.45, 7) is 5.28. The van der Waals surface area contributed by atoms with Crippen molar-refractivity contribution in [1.29, 1.82) is 0 Å². The highest BCUT2D eigenvalue weighted by Crippen LogP contribution is 2.27. The van der Waals surface area contributed by atoms with E-state index in [0.29, 0.717) is 18.6 Å². The Morgan fingerprint density at radius 3 is 2.43 bits per heavy atom. The third-order valence-corrected chi connectivity index (χ3v) is 8.83. The van der Waals surface area contributed by atoms with Gasteiger partial charge in [-0.05, 0) is 48.4 Å². The fourth-order valence-corrected chi connectivity index (χ4v) is 5.94. The van der Waals surface area contributed by atoms with Crippen LogP contribution in [0, 0.1) is 5.92 Å². The van der Waals surface area contributed by atoms with Crippen molar-refractivity contribution in [3.63, 3.8) is 0 Å². The summed E-state index contributed by atoms with van der Waals surface area (Å²) in [5, 5.41) is 10.4. The maximum Gasteiger partial charge on any atom is 0.245 e. The topological polar surface area (TPSA) is 141 Å². The number of hydrogen-bond acceptors (Lipinski definition) is 7. The molecule has 1 saturated heterocycles. The minimum absolute atomic E-state index is 0.0572. The summed E-state index contributed by atoms with van der Waals surface area (Å²) < 4.78 is 5.93. The van der Waals surface area contributed by atoms with Gasteiger partial charge in [0.25, 0.3) is 0 Å². The Bertz CT molecular complexity index is 1490. The van der Waals surface area contributed by atoms with Gasteiger partial charge < -0.3 is 30.2 Å². The number of carbonyl (C=O) groups excluding carboxylic acids is 5. The first-order valence-corrected chi connectivity index (χ1v) is 16.5. The lowest BCUT2D eigenvalue weighted by Crippen LogP contribution is -2.57. The number of furan rings is 1. The third-order valence-electron chi connectivity index (χ3n) is 7.94. The minimum Gasteiger partial charge on any atom is -0.460 e. The highest BCUT2D eigenvalue weighted by molar-refractivity contribution is 7.13. The minimum atomic E-state index is -0.919. The second-order valence-electron chi connectivity index (χ2n) is 12.0. The zero-order valence-electron chi connectivity index (χ0n) is 26.8. The molecule has 0 spiro atoms. The first-order chi connectivity index (χ1) is 22.0. The Morgan fingerprint density at radius 2 is 1.74 bits per heavy atom. The van der Waals surface area contributed by atoms with Crippen molar-refractivity contribution in [1.82, 2.24) is 25.8 Å². The molecule has 1 aliphatic heterocycles. The molecule has 4 rings (SSSR count). The van der Waals surface area contributed by atoms with Crippen molar-refractivity contribution < 1.29 is 28.4 Å². The van der Waals surface area contributed by atoms with Gasteiger partial charge in [-0.1, -0.05) is 50.2 Å². The smallest absolute Gasteiger partial charge is 0.245 e. The van der Waals surface area contributed by atoms with Gasteiger partial charge in [-0.15, -0.1) is 11.3 Å². The molecule has 11 nitrogen and oxygen atoms in total. The van der Waals surface area contributed by atoms with Crippen molar-refractivity contribution in [2.45, 2.75) is 64.6 Å². The van der Waals surface area contributed by atoms with Gasteiger partial charge in [-0.3, -0.25) is 24.0 Å². The van der Waals surface area contributed by atoms with Gasteiger partial charge in [0.15, 0.2) is 0 Å². The quantitative estimate of drug-likeness (QED) is 0.343. The molecule has 0 radical (unpaired) electrons. The molecule has 0 unspecified atom stereocenters. The fraction of sp³-hybridized carbons (Fsp3) is 0.441. The second-order valence-corrected chi connectivity index (χ2v) is 12.9. The van der Waals surface area contributed by atoms with Crippen LogP contribution < -0.4 is 16.0 Å². The Balaban J connectivity index is 1.54. The SMILES string of the molecule is CC(C)C[C@@H]1NC(=O)CN(C(=O)CCc2ccc(-c3cccs3)o2)CCNC(=O)[C@H](Cc2ccccc2)NC(=O)[C@H](C)N(C)C1=O. The van der Waals surface area contributed by atoms with Crippen molar-refractivity contribution in [3.8, 4) is 10.6 Å². The molecule has 12 heteroatoms. The van der Waals surface area contributed by atoms with Crippen LogP contribution in [0.1, 0.15) is 44.9 Å². The van der Waals surface area contributed by atoms with Crippen molar-refractivity contribution >= 4 is 40.9 Å². The average molecular weight is 650 g/mol. The number of rotatable bonds is 8. The Hall–Kier alpha value is -4.45. The molecule has 0 bridgehead atoms. The predicted molar refractivity (Wildman–Crippen MR) is 176 cm³/mol. The first kappa shape index (κ1) is 34.4. The van der Waals surface area contributed by atoms with Gasteiger partial charge in [0.1, 0.15) is 29.6 Å². The van der Waals surface area contributed by atoms with Crippen molar-refractivity contribution in [2.24, 2.45) is 5.92 Å². The van der Waals surface area contributed by atoms with Crippen LogP contribution in [0.5, 0.6) is 0 Å². The summed E-state index contributed by atoms with van der Waals surface area (Å²) in [6.07, 6.45) is 0.994. The standard InChI is InChI=1S/C34H43N5O6S/c1-22(2)19-27-34(44)38(4)23(3)32(42)37-26(20-24-9-6-5-7-10-24)33(43)35-16-17-39(21-30(40)36-27)31(41)15-13-25-12-14-28(45-25)29-11-8-18-46-29/h5-12,14,18,22-23,26-27H,13,15-17,19-21H2,1-4H3,(H,35,43)(H,36,40)(H,37,42)/t23-,26-,27-/m0/s1. The number of aryl methyl sites for hydroxylation is 1. The van der Waals surface area contributed by atoms with E-state index in [9.17, 15) is 24.0 Å². The highest BCUT2D eigenvalue weighted by atomic mass is 32.1. The van der Waals surface area contributed by atoms with E-state index in [1.807, 2.05) is 73.8 Å². The van der Waals surface area contributed by atoms with Gasteiger partial charge in [0.05, 0.1) is 11.4 Å². The molecule has 1 aromatic carbocycles. The number of carbonyl (C=O) groups is 5. The molecule has 3 aromatic rings. The molecular weight excluding hydrogens is 606 g/mol. The monoisotopic (exact) mass is 649 g/mol. The molecule has 1 fully saturated rings. The lowest BCUT2D eigenvalue weighted by molar-refractivity contribution is -0.142. The molecule has 246 valence electrons. The largest absolute Gasteiger partial charge is 0.460 e. The van der Waals surface area contributed by atoms with Gasteiger partial charge in [0, 0.05) is 39.4 Å². The number of hydrogen-bond donors (Lipinski definition) is 3. The van der Waals surface area contributed by atoms with Crippen molar-refractivity contribution in [2.75, 3.05) is 26.7 Å². The summed E-state index contributed by atoms with van der Waals surface area (Å²) >= 11 is 1.56. The predicted octanol–water partition coefficient (Wildman–Crippen LogP) is 3.00. The lowest BCUT2D eigenvalue weighted by atomic mass is 10.0. The summed E-state index contributed by atoms with van der Waals surface area (Å²) in [7, 11) is 1.50. The summed E-state index contributed by atoms with van der Waals surface area (Å²) in [4.78, 5) is 70.7. The molecule has 2 aromatic heterocycles. The van der Waals surface area contributed by atoms with Crippen LogP contribution in [0.15, 0.2) is 64.4 Å². The van der Waals surface area contributed by atoms with E-state index >= 15 is 0 Å². The number of nitrogens with zero attached hydrogens (tertiary/aromatic N) is 2. The zero-order chi connectivity index (χ0) is 33.2. The van der Waals surface area contributed by atoms with Gasteiger partial charge >= 0.3 is 0 Å². The first-order valence-electron chi connectivity index (χ1n) is 15.6. The number of amides is 5. The van der Waals surface area contributed by atoms with E-state index in [1.165, 1.54) is 16.8 Å². The molecule has 3 heterocycles. The van der Waals surface area contributed by atoms with Crippen LogP contribution >= 0.6 is 11.3 Å². The van der Waals surface area contributed by atoms with Crippen LogP contribution in [0.4, 0.5) is 0 Å². The van der Waals surface area contributed by atoms with Crippen LogP contribution in [0.25, 0.3) is 10.6 Å². The lowest BCUT2D eigenvalue weighted by Gasteiger charge is -2.30. The van der Waals surface area contributed by atoms with Gasteiger partial charge in [-0.25, -0.2) is 0 Å². The normalized spacial score (nSPS) is 20.5. The maximum atomic E-state index is 13.6. The number of thiophene rings is 1. The third kappa shape index (κ3) is 9.53. The van der Waals surface area contributed by atoms with Crippen LogP contribution in [0.3, 0.4) is 0 Å². The fourth-order valence-electron chi connectivity index (χ4n) is 5.25. The van der Waals surface area contributed by atoms with Gasteiger partial charge in [-0.2, -0.15) is 0 Å². The zero-order valence-corrected chi connectivity index (χ0v) is 27.6. The second kappa shape index (κ2) is 16.2. The molecule has 3 N–H and O–H groups in total. The van der Waals surface area contributed by atoms with E-state index in [2.05, 4.69) is 16.0 Å². The molecule has 0 saturated carbocycles. The Kier molecular flexibility index (Phi) is 12.1. The maximum absolute atomic E-state index is 13.6. The van der Waals surface area contributed by atoms with E-state index in [4.69, 9.17) is 4.42 Å². The van der Waals surface area contributed by atoms with Crippen molar-refractivity contribution in [3.05, 3.63) is 71.3 Å². The molecule has 3 atom stereocenters. The Labute approximate surface area is 273 Å². The molecule has 46 heavy (non-hydrogen) atoms. The highest BCUT2D eigenvalue weighted by Gasteiger charge is 2.33. The number of benzene rings is 1. The van der Waals surface area contributed by atoms with Crippen LogP contribution in [-0.4, -0.2) is 84.1 Å². The average Bonchev–Trinajstić information content (AvgIpc) is 3.74. The van der Waals surface area contributed by atoms with Gasteiger partial charge in [0.2, 0.25) is 29.5 Å². The van der Waals surface area contributed by atoms with E-state index in [0.717, 1.165) is 16.2 Å². The molecule has 1 aliphatic rings. The van der Waals surface area contributed by atoms with E-state index in [-0.39, 0.29) is 44.3 Å². The Morgan fingerprint density at radius 1 is 0.978 bits per heavy atom. The summed E-state index contributed by atoms with van der Waals surface area (Å²) in [6, 6.07) is 14.2. The van der Waals surface area contributed by atoms with E-state index in [1.54, 1.807) is 18.3 Å². The summed E-state index contributed by atoms with van der Waals surface area (Å²) in [5.41, 5.74) is 0.849. The molecular formula is C34H43N5O6S. The van der Waals surface area contributed by atoms with Crippen LogP contribution in [0.2, 0.25) is 0 Å². The molecule has 0 aliphatic carbocycles. The van der Waals surface area contributed by atoms with E-state index < -0.39 is 41.8 Å².